The Bertz CT molecular complexity index is 982. The number of halogens is 1. The summed E-state index contributed by atoms with van der Waals surface area (Å²) >= 11 is 6.14. The molecule has 2 aromatic carbocycles. The highest BCUT2D eigenvalue weighted by atomic mass is 35.5. The first-order valence-electron chi connectivity index (χ1n) is 12.1. The van der Waals surface area contributed by atoms with E-state index in [-0.39, 0.29) is 5.91 Å². The molecule has 172 valence electrons. The summed E-state index contributed by atoms with van der Waals surface area (Å²) in [5.41, 5.74) is 3.23. The van der Waals surface area contributed by atoms with Crippen LogP contribution < -0.4 is 5.32 Å². The maximum atomic E-state index is 12.1. The van der Waals surface area contributed by atoms with Crippen LogP contribution in [0.4, 0.5) is 0 Å². The molecular weight excluding hydrogens is 418 g/mol. The zero-order valence-corrected chi connectivity index (χ0v) is 20.0. The molecule has 1 aromatic heterocycles. The molecule has 0 bridgehead atoms. The van der Waals surface area contributed by atoms with Gasteiger partial charge in [-0.2, -0.15) is 0 Å². The van der Waals surface area contributed by atoms with Crippen molar-refractivity contribution in [3.05, 3.63) is 64.9 Å². The smallest absolute Gasteiger partial charge is 0.224 e. The van der Waals surface area contributed by atoms with E-state index in [0.717, 1.165) is 43.3 Å². The fourth-order valence-corrected chi connectivity index (χ4v) is 4.33. The first kappa shape index (κ1) is 24.3. The number of imidazole rings is 1. The van der Waals surface area contributed by atoms with Gasteiger partial charge in [0.2, 0.25) is 5.91 Å². The van der Waals surface area contributed by atoms with E-state index < -0.39 is 0 Å². The van der Waals surface area contributed by atoms with Gasteiger partial charge in [-0.15, -0.1) is 0 Å². The van der Waals surface area contributed by atoms with Gasteiger partial charge in [-0.1, -0.05) is 81.0 Å². The zero-order valence-electron chi connectivity index (χ0n) is 19.3. The lowest BCUT2D eigenvalue weighted by Gasteiger charge is -2.10. The standard InChI is InChI=1S/C27H36ClN3O/c1-2-3-4-5-13-20-31-25-17-11-10-16-24(25)30-26(31)18-7-6-12-19-29-27(32)21-22-14-8-9-15-23(22)28/h8-11,14-17H,2-7,12-13,18-21H2,1H3,(H,29,32). The van der Waals surface area contributed by atoms with Gasteiger partial charge in [0.1, 0.15) is 5.82 Å². The molecule has 0 aliphatic carbocycles. The summed E-state index contributed by atoms with van der Waals surface area (Å²) in [4.78, 5) is 17.1. The molecule has 0 saturated carbocycles. The van der Waals surface area contributed by atoms with E-state index in [1.165, 1.54) is 43.4 Å². The van der Waals surface area contributed by atoms with Crippen LogP contribution in [-0.2, 0) is 24.2 Å². The largest absolute Gasteiger partial charge is 0.356 e. The molecule has 0 unspecified atom stereocenters. The van der Waals surface area contributed by atoms with E-state index in [4.69, 9.17) is 16.6 Å². The molecule has 0 aliphatic heterocycles. The summed E-state index contributed by atoms with van der Waals surface area (Å²) in [6.07, 6.45) is 10.9. The van der Waals surface area contributed by atoms with Gasteiger partial charge in [-0.05, 0) is 43.0 Å². The molecule has 32 heavy (non-hydrogen) atoms. The number of rotatable bonds is 14. The van der Waals surface area contributed by atoms with E-state index in [1.54, 1.807) is 0 Å². The Labute approximate surface area is 197 Å². The summed E-state index contributed by atoms with van der Waals surface area (Å²) in [7, 11) is 0. The Morgan fingerprint density at radius 1 is 0.938 bits per heavy atom. The number of carbonyl (C=O) groups excluding carboxylic acids is 1. The van der Waals surface area contributed by atoms with Crippen LogP contribution in [0.2, 0.25) is 5.02 Å². The first-order valence-corrected chi connectivity index (χ1v) is 12.5. The summed E-state index contributed by atoms with van der Waals surface area (Å²) in [5.74, 6) is 1.23. The number of aryl methyl sites for hydroxylation is 2. The SMILES string of the molecule is CCCCCCCn1c(CCCCCNC(=O)Cc2ccccc2Cl)nc2ccccc21. The molecule has 0 spiro atoms. The maximum absolute atomic E-state index is 12.1. The Kier molecular flexibility index (Phi) is 10.1. The van der Waals surface area contributed by atoms with Crippen molar-refractivity contribution in [2.24, 2.45) is 0 Å². The topological polar surface area (TPSA) is 46.9 Å². The molecule has 1 N–H and O–H groups in total. The van der Waals surface area contributed by atoms with Crippen molar-refractivity contribution < 1.29 is 4.79 Å². The van der Waals surface area contributed by atoms with Crippen molar-refractivity contribution in [3.8, 4) is 0 Å². The molecule has 1 heterocycles. The zero-order chi connectivity index (χ0) is 22.6. The predicted molar refractivity (Wildman–Crippen MR) is 134 cm³/mol. The maximum Gasteiger partial charge on any atom is 0.224 e. The monoisotopic (exact) mass is 453 g/mol. The van der Waals surface area contributed by atoms with Gasteiger partial charge in [-0.25, -0.2) is 4.98 Å². The number of hydrogen-bond acceptors (Lipinski definition) is 2. The third-order valence-corrected chi connectivity index (χ3v) is 6.30. The summed E-state index contributed by atoms with van der Waals surface area (Å²) < 4.78 is 2.42. The van der Waals surface area contributed by atoms with Crippen molar-refractivity contribution in [1.82, 2.24) is 14.9 Å². The molecule has 0 atom stereocenters. The van der Waals surface area contributed by atoms with Crippen LogP contribution in [0.25, 0.3) is 11.0 Å². The van der Waals surface area contributed by atoms with Crippen molar-refractivity contribution in [1.29, 1.82) is 0 Å². The fourth-order valence-electron chi connectivity index (χ4n) is 4.13. The van der Waals surface area contributed by atoms with Gasteiger partial charge in [0.25, 0.3) is 0 Å². The predicted octanol–water partition coefficient (Wildman–Crippen LogP) is 6.73. The number of fused-ring (bicyclic) bond motifs is 1. The van der Waals surface area contributed by atoms with Crippen molar-refractivity contribution in [2.45, 2.75) is 77.7 Å². The Balaban J connectivity index is 1.41. The Morgan fingerprint density at radius 2 is 1.69 bits per heavy atom. The van der Waals surface area contributed by atoms with Crippen LogP contribution in [0.1, 0.15) is 69.7 Å². The number of carbonyl (C=O) groups is 1. The number of para-hydroxylation sites is 2. The van der Waals surface area contributed by atoms with Gasteiger partial charge in [0, 0.05) is 24.5 Å². The lowest BCUT2D eigenvalue weighted by molar-refractivity contribution is -0.120. The first-order chi connectivity index (χ1) is 15.7. The van der Waals surface area contributed by atoms with E-state index >= 15 is 0 Å². The number of aromatic nitrogens is 2. The van der Waals surface area contributed by atoms with E-state index in [0.29, 0.717) is 18.0 Å². The fraction of sp³-hybridized carbons (Fsp3) is 0.481. The quantitative estimate of drug-likeness (QED) is 0.275. The minimum absolute atomic E-state index is 0.0305. The van der Waals surface area contributed by atoms with Crippen molar-refractivity contribution in [2.75, 3.05) is 6.54 Å². The van der Waals surface area contributed by atoms with Gasteiger partial charge >= 0.3 is 0 Å². The summed E-state index contributed by atoms with van der Waals surface area (Å²) in [6, 6.07) is 16.0. The van der Waals surface area contributed by atoms with Crippen LogP contribution in [0.5, 0.6) is 0 Å². The average molecular weight is 454 g/mol. The number of hydrogen-bond donors (Lipinski definition) is 1. The molecule has 3 rings (SSSR count). The molecule has 0 aliphatic rings. The lowest BCUT2D eigenvalue weighted by atomic mass is 10.1. The molecule has 5 heteroatoms. The molecular formula is C27H36ClN3O. The molecule has 3 aromatic rings. The van der Waals surface area contributed by atoms with Gasteiger partial charge in [0.15, 0.2) is 0 Å². The van der Waals surface area contributed by atoms with Gasteiger partial charge in [0.05, 0.1) is 17.5 Å². The molecule has 0 radical (unpaired) electrons. The van der Waals surface area contributed by atoms with Crippen LogP contribution in [0.15, 0.2) is 48.5 Å². The van der Waals surface area contributed by atoms with E-state index in [1.807, 2.05) is 24.3 Å². The van der Waals surface area contributed by atoms with Gasteiger partial charge in [-0.3, -0.25) is 4.79 Å². The Hall–Kier alpha value is -2.33. The third-order valence-electron chi connectivity index (χ3n) is 5.93. The third kappa shape index (κ3) is 7.37. The highest BCUT2D eigenvalue weighted by Gasteiger charge is 2.10. The lowest BCUT2D eigenvalue weighted by Crippen LogP contribution is -2.26. The number of nitrogens with zero attached hydrogens (tertiary/aromatic N) is 2. The number of unbranched alkanes of at least 4 members (excludes halogenated alkanes) is 6. The second-order valence-corrected chi connectivity index (χ2v) is 8.92. The second-order valence-electron chi connectivity index (χ2n) is 8.51. The minimum atomic E-state index is 0.0305. The van der Waals surface area contributed by atoms with Gasteiger partial charge < -0.3 is 9.88 Å². The average Bonchev–Trinajstić information content (AvgIpc) is 3.15. The normalized spacial score (nSPS) is 11.2. The van der Waals surface area contributed by atoms with Crippen LogP contribution in [0, 0.1) is 0 Å². The minimum Gasteiger partial charge on any atom is -0.356 e. The number of benzene rings is 2. The number of amides is 1. The van der Waals surface area contributed by atoms with E-state index in [2.05, 4.69) is 41.1 Å². The van der Waals surface area contributed by atoms with E-state index in [9.17, 15) is 4.79 Å². The second kappa shape index (κ2) is 13.3. The molecule has 1 amide bonds. The van der Waals surface area contributed by atoms with Crippen LogP contribution in [0.3, 0.4) is 0 Å². The van der Waals surface area contributed by atoms with Crippen molar-refractivity contribution in [3.63, 3.8) is 0 Å². The van der Waals surface area contributed by atoms with Crippen LogP contribution in [-0.4, -0.2) is 22.0 Å². The molecule has 0 fully saturated rings. The highest BCUT2D eigenvalue weighted by Crippen LogP contribution is 2.19. The van der Waals surface area contributed by atoms with Crippen LogP contribution >= 0.6 is 11.6 Å². The summed E-state index contributed by atoms with van der Waals surface area (Å²) in [5, 5.41) is 3.67. The number of nitrogens with one attached hydrogen (secondary N) is 1. The Morgan fingerprint density at radius 3 is 2.53 bits per heavy atom. The molecule has 0 saturated heterocycles. The molecule has 4 nitrogen and oxygen atoms in total. The van der Waals surface area contributed by atoms with Crippen molar-refractivity contribution >= 4 is 28.5 Å². The summed E-state index contributed by atoms with van der Waals surface area (Å²) in [6.45, 7) is 4.01. The highest BCUT2D eigenvalue weighted by molar-refractivity contribution is 6.31.